The van der Waals surface area contributed by atoms with E-state index in [-0.39, 0.29) is 6.03 Å². The fourth-order valence-electron chi connectivity index (χ4n) is 2.71. The van der Waals surface area contributed by atoms with Crippen LogP contribution in [0.25, 0.3) is 0 Å². The number of thioether (sulfide) groups is 1. The second-order valence-corrected chi connectivity index (χ2v) is 6.14. The predicted molar refractivity (Wildman–Crippen MR) is 70.6 cm³/mol. The van der Waals surface area contributed by atoms with Crippen LogP contribution in [0.5, 0.6) is 0 Å². The smallest absolute Gasteiger partial charge is 0.327 e. The van der Waals surface area contributed by atoms with Crippen molar-refractivity contribution in [1.29, 1.82) is 0 Å². The average molecular weight is 272 g/mol. The van der Waals surface area contributed by atoms with Crippen LogP contribution in [-0.2, 0) is 4.79 Å². The molecule has 0 aromatic rings. The van der Waals surface area contributed by atoms with E-state index in [1.807, 2.05) is 0 Å². The van der Waals surface area contributed by atoms with Gasteiger partial charge in [-0.3, -0.25) is 0 Å². The molecule has 0 spiro atoms. The highest BCUT2D eigenvalue weighted by molar-refractivity contribution is 7.99. The van der Waals surface area contributed by atoms with Gasteiger partial charge in [0, 0.05) is 19.3 Å². The van der Waals surface area contributed by atoms with Gasteiger partial charge in [0.25, 0.3) is 0 Å². The maximum Gasteiger partial charge on any atom is 0.327 e. The van der Waals surface area contributed by atoms with Crippen molar-refractivity contribution in [3.8, 4) is 0 Å². The number of rotatable bonds is 3. The van der Waals surface area contributed by atoms with Crippen molar-refractivity contribution in [3.63, 3.8) is 0 Å². The molecule has 1 aliphatic heterocycles. The van der Waals surface area contributed by atoms with Crippen molar-refractivity contribution >= 4 is 23.8 Å². The third-order valence-electron chi connectivity index (χ3n) is 3.75. The molecule has 5 nitrogen and oxygen atoms in total. The summed E-state index contributed by atoms with van der Waals surface area (Å²) in [5.74, 6) is 0.684. The first-order chi connectivity index (χ1) is 8.59. The van der Waals surface area contributed by atoms with Crippen LogP contribution in [0, 0.1) is 5.92 Å². The Bertz CT molecular complexity index is 331. The van der Waals surface area contributed by atoms with Crippen molar-refractivity contribution in [2.24, 2.45) is 5.92 Å². The Morgan fingerprint density at radius 1 is 1.39 bits per heavy atom. The Labute approximate surface area is 112 Å². The van der Waals surface area contributed by atoms with Gasteiger partial charge in [0.2, 0.25) is 0 Å². The van der Waals surface area contributed by atoms with Gasteiger partial charge in [-0.25, -0.2) is 9.59 Å². The zero-order chi connectivity index (χ0) is 13.1. The van der Waals surface area contributed by atoms with Gasteiger partial charge in [0.1, 0.15) is 6.04 Å². The van der Waals surface area contributed by atoms with Gasteiger partial charge in [0.05, 0.1) is 5.88 Å². The standard InChI is InChI=1S/C12H20N2O3S/c1-13(6-9-4-2-3-5-9)12(17)14-8-18-7-10(14)11(15)16/h9-10H,2-8H2,1H3,(H,15,16). The van der Waals surface area contributed by atoms with Gasteiger partial charge in [0.15, 0.2) is 0 Å². The lowest BCUT2D eigenvalue weighted by molar-refractivity contribution is -0.140. The lowest BCUT2D eigenvalue weighted by Crippen LogP contribution is -2.48. The van der Waals surface area contributed by atoms with Gasteiger partial charge in [-0.2, -0.15) is 0 Å². The first-order valence-electron chi connectivity index (χ1n) is 6.42. The van der Waals surface area contributed by atoms with Crippen molar-refractivity contribution in [2.45, 2.75) is 31.7 Å². The molecule has 2 aliphatic rings. The number of carbonyl (C=O) groups excluding carboxylic acids is 1. The number of amides is 2. The van der Waals surface area contributed by atoms with Crippen LogP contribution in [-0.4, -0.2) is 58.2 Å². The molecular formula is C12H20N2O3S. The van der Waals surface area contributed by atoms with E-state index in [0.29, 0.717) is 17.5 Å². The molecular weight excluding hydrogens is 252 g/mol. The second-order valence-electron chi connectivity index (χ2n) is 5.14. The summed E-state index contributed by atoms with van der Waals surface area (Å²) in [6, 6.07) is -0.798. The number of nitrogens with zero attached hydrogens (tertiary/aromatic N) is 2. The van der Waals surface area contributed by atoms with E-state index in [1.165, 1.54) is 42.3 Å². The molecule has 1 saturated carbocycles. The van der Waals surface area contributed by atoms with E-state index in [4.69, 9.17) is 5.11 Å². The largest absolute Gasteiger partial charge is 0.480 e. The Balaban J connectivity index is 1.90. The lowest BCUT2D eigenvalue weighted by atomic mass is 10.1. The fourth-order valence-corrected chi connectivity index (χ4v) is 3.85. The Morgan fingerprint density at radius 3 is 2.67 bits per heavy atom. The molecule has 2 amide bonds. The van der Waals surface area contributed by atoms with Gasteiger partial charge < -0.3 is 14.9 Å². The quantitative estimate of drug-likeness (QED) is 0.849. The predicted octanol–water partition coefficient (Wildman–Crippen LogP) is 1.69. The van der Waals surface area contributed by atoms with Crippen LogP contribution in [0.4, 0.5) is 4.79 Å². The third kappa shape index (κ3) is 2.91. The summed E-state index contributed by atoms with van der Waals surface area (Å²) >= 11 is 1.50. The fraction of sp³-hybridized carbons (Fsp3) is 0.833. The molecule has 2 fully saturated rings. The highest BCUT2D eigenvalue weighted by atomic mass is 32.2. The van der Waals surface area contributed by atoms with E-state index in [9.17, 15) is 9.59 Å². The monoisotopic (exact) mass is 272 g/mol. The molecule has 6 heteroatoms. The summed E-state index contributed by atoms with van der Waals surface area (Å²) in [5, 5.41) is 9.07. The van der Waals surface area contributed by atoms with Crippen LogP contribution in [0.2, 0.25) is 0 Å². The maximum absolute atomic E-state index is 12.2. The molecule has 1 atom stereocenters. The van der Waals surface area contributed by atoms with Crippen LogP contribution in [0.1, 0.15) is 25.7 Å². The number of carboxylic acids is 1. The number of carboxylic acid groups (broad SMARTS) is 1. The maximum atomic E-state index is 12.2. The number of hydrogen-bond donors (Lipinski definition) is 1. The summed E-state index contributed by atoms with van der Waals surface area (Å²) in [4.78, 5) is 26.4. The van der Waals surface area contributed by atoms with E-state index < -0.39 is 12.0 Å². The molecule has 0 aromatic carbocycles. The Kier molecular flexibility index (Phi) is 4.37. The van der Waals surface area contributed by atoms with Crippen LogP contribution < -0.4 is 0 Å². The van der Waals surface area contributed by atoms with E-state index >= 15 is 0 Å². The summed E-state index contributed by atoms with van der Waals surface area (Å²) < 4.78 is 0. The van der Waals surface area contributed by atoms with Crippen molar-refractivity contribution in [1.82, 2.24) is 9.80 Å². The second kappa shape index (κ2) is 5.82. The molecule has 1 aliphatic carbocycles. The number of aliphatic carboxylic acids is 1. The summed E-state index contributed by atoms with van der Waals surface area (Å²) in [5.41, 5.74) is 0. The molecule has 1 saturated heterocycles. The third-order valence-corrected chi connectivity index (χ3v) is 4.76. The van der Waals surface area contributed by atoms with E-state index in [0.717, 1.165) is 6.54 Å². The van der Waals surface area contributed by atoms with Gasteiger partial charge in [-0.1, -0.05) is 12.8 Å². The van der Waals surface area contributed by atoms with Gasteiger partial charge >= 0.3 is 12.0 Å². The lowest BCUT2D eigenvalue weighted by Gasteiger charge is -2.28. The van der Waals surface area contributed by atoms with Gasteiger partial charge in [-0.15, -0.1) is 11.8 Å². The Morgan fingerprint density at radius 2 is 2.06 bits per heavy atom. The molecule has 1 heterocycles. The normalized spacial score (nSPS) is 24.5. The topological polar surface area (TPSA) is 60.9 Å². The first kappa shape index (κ1) is 13.5. The minimum absolute atomic E-state index is 0.140. The van der Waals surface area contributed by atoms with Crippen molar-refractivity contribution in [2.75, 3.05) is 25.2 Å². The highest BCUT2D eigenvalue weighted by Gasteiger charge is 2.36. The molecule has 1 N–H and O–H groups in total. The molecule has 0 aromatic heterocycles. The van der Waals surface area contributed by atoms with Crippen molar-refractivity contribution < 1.29 is 14.7 Å². The summed E-state index contributed by atoms with van der Waals surface area (Å²) in [6.45, 7) is 0.756. The minimum atomic E-state index is -0.900. The number of urea groups is 1. The molecule has 0 bridgehead atoms. The average Bonchev–Trinajstić information content (AvgIpc) is 2.97. The zero-order valence-corrected chi connectivity index (χ0v) is 11.5. The zero-order valence-electron chi connectivity index (χ0n) is 10.7. The summed E-state index contributed by atoms with van der Waals surface area (Å²) in [6.07, 6.45) is 4.89. The van der Waals surface area contributed by atoms with Crippen LogP contribution in [0.3, 0.4) is 0 Å². The van der Waals surface area contributed by atoms with Crippen LogP contribution in [0.15, 0.2) is 0 Å². The SMILES string of the molecule is CN(CC1CCCC1)C(=O)N1CSCC1C(=O)O. The summed E-state index contributed by atoms with van der Waals surface area (Å²) in [7, 11) is 1.78. The first-order valence-corrected chi connectivity index (χ1v) is 7.57. The van der Waals surface area contributed by atoms with E-state index in [1.54, 1.807) is 11.9 Å². The highest BCUT2D eigenvalue weighted by Crippen LogP contribution is 2.27. The van der Waals surface area contributed by atoms with E-state index in [2.05, 4.69) is 0 Å². The van der Waals surface area contributed by atoms with Crippen LogP contribution >= 0.6 is 11.8 Å². The molecule has 2 rings (SSSR count). The molecule has 0 radical (unpaired) electrons. The van der Waals surface area contributed by atoms with Gasteiger partial charge in [-0.05, 0) is 18.8 Å². The minimum Gasteiger partial charge on any atom is -0.480 e. The molecule has 102 valence electrons. The Hall–Kier alpha value is -0.910. The number of carbonyl (C=O) groups is 2. The molecule has 1 unspecified atom stereocenters. The van der Waals surface area contributed by atoms with Crippen molar-refractivity contribution in [3.05, 3.63) is 0 Å². The number of hydrogen-bond acceptors (Lipinski definition) is 3. The molecule has 18 heavy (non-hydrogen) atoms.